The summed E-state index contributed by atoms with van der Waals surface area (Å²) >= 11 is 0. The monoisotopic (exact) mass is 441 g/mol. The van der Waals surface area contributed by atoms with E-state index >= 15 is 0 Å². The Morgan fingerprint density at radius 1 is 1.24 bits per heavy atom. The minimum absolute atomic E-state index is 0.0642. The van der Waals surface area contributed by atoms with Crippen LogP contribution in [0.25, 0.3) is 17.4 Å². The third kappa shape index (κ3) is 3.89. The predicted octanol–water partition coefficient (Wildman–Crippen LogP) is 2.76. The Morgan fingerprint density at radius 2 is 2.15 bits per heavy atom. The van der Waals surface area contributed by atoms with E-state index in [-0.39, 0.29) is 18.2 Å². The molecule has 10 nitrogen and oxygen atoms in total. The average molecular weight is 441 g/mol. The van der Waals surface area contributed by atoms with Crippen LogP contribution in [0.1, 0.15) is 33.9 Å². The van der Waals surface area contributed by atoms with Crippen molar-refractivity contribution in [3.05, 3.63) is 83.9 Å². The van der Waals surface area contributed by atoms with Gasteiger partial charge in [0.15, 0.2) is 0 Å². The van der Waals surface area contributed by atoms with Gasteiger partial charge in [-0.05, 0) is 37.1 Å². The summed E-state index contributed by atoms with van der Waals surface area (Å²) in [6.07, 6.45) is 13.4. The molecule has 4 aromatic rings. The average Bonchev–Trinajstić information content (AvgIpc) is 3.62. The number of hydrogen-bond donors (Lipinski definition) is 2. The maximum Gasteiger partial charge on any atom is 0.273 e. The first kappa shape index (κ1) is 20.3. The van der Waals surface area contributed by atoms with Crippen molar-refractivity contribution >= 4 is 23.6 Å². The van der Waals surface area contributed by atoms with Crippen LogP contribution < -0.4 is 5.43 Å². The van der Waals surface area contributed by atoms with Gasteiger partial charge in [-0.2, -0.15) is 5.10 Å². The topological polar surface area (TPSA) is 131 Å². The number of hydrazone groups is 1. The summed E-state index contributed by atoms with van der Waals surface area (Å²) in [7, 11) is 0. The Bertz CT molecular complexity index is 1370. The molecule has 0 radical (unpaired) electrons. The predicted molar refractivity (Wildman–Crippen MR) is 119 cm³/mol. The zero-order chi connectivity index (χ0) is 22.8. The van der Waals surface area contributed by atoms with E-state index in [1.54, 1.807) is 49.4 Å². The van der Waals surface area contributed by atoms with Crippen molar-refractivity contribution in [3.63, 3.8) is 0 Å². The fraction of sp³-hybridized carbons (Fsp3) is 0.130. The lowest BCUT2D eigenvalue weighted by atomic mass is 9.99. The van der Waals surface area contributed by atoms with Gasteiger partial charge in [-0.3, -0.25) is 24.1 Å². The highest BCUT2D eigenvalue weighted by atomic mass is 16.3. The van der Waals surface area contributed by atoms with Gasteiger partial charge in [0.1, 0.15) is 23.5 Å². The number of carbonyl (C=O) groups excluding carboxylic acids is 2. The molecule has 1 aliphatic heterocycles. The molecule has 0 aliphatic carbocycles. The summed E-state index contributed by atoms with van der Waals surface area (Å²) in [6, 6.07) is 3.64. The van der Waals surface area contributed by atoms with Gasteiger partial charge in [0.05, 0.1) is 23.7 Å². The lowest BCUT2D eigenvalue weighted by Crippen LogP contribution is -2.14. The van der Waals surface area contributed by atoms with Crippen LogP contribution in [0.3, 0.4) is 0 Å². The molecule has 0 unspecified atom stereocenters. The Morgan fingerprint density at radius 3 is 2.88 bits per heavy atom. The fourth-order valence-corrected chi connectivity index (χ4v) is 3.81. The summed E-state index contributed by atoms with van der Waals surface area (Å²) in [5, 5.41) is 4.13. The van der Waals surface area contributed by atoms with Gasteiger partial charge in [0, 0.05) is 42.5 Å². The number of carbonyl (C=O) groups is 2. The fourth-order valence-electron chi connectivity index (χ4n) is 3.81. The minimum Gasteiger partial charge on any atom is -0.464 e. The van der Waals surface area contributed by atoms with Crippen molar-refractivity contribution < 1.29 is 14.0 Å². The van der Waals surface area contributed by atoms with Crippen LogP contribution in [0.15, 0.2) is 70.8 Å². The van der Waals surface area contributed by atoms with Gasteiger partial charge in [-0.25, -0.2) is 10.4 Å². The lowest BCUT2D eigenvalue weighted by molar-refractivity contribution is -0.116. The van der Waals surface area contributed by atoms with Gasteiger partial charge in [-0.1, -0.05) is 0 Å². The first-order valence-corrected chi connectivity index (χ1v) is 10.2. The second kappa shape index (κ2) is 8.50. The highest BCUT2D eigenvalue weighted by Crippen LogP contribution is 2.33. The maximum atomic E-state index is 12.6. The van der Waals surface area contributed by atoms with E-state index in [1.807, 2.05) is 13.0 Å². The van der Waals surface area contributed by atoms with Gasteiger partial charge in [0.25, 0.3) is 5.91 Å². The Kier molecular flexibility index (Phi) is 5.23. The number of aromatic amines is 1. The number of furan rings is 1. The smallest absolute Gasteiger partial charge is 0.273 e. The molecule has 0 saturated heterocycles. The number of nitrogens with zero attached hydrogens (tertiary/aromatic N) is 5. The summed E-state index contributed by atoms with van der Waals surface area (Å²) in [5.74, 6) is 0.225. The number of nitrogens with one attached hydrogen (secondary N) is 2. The molecule has 1 aliphatic rings. The number of hydrogen-bond acceptors (Lipinski definition) is 7. The molecule has 0 fully saturated rings. The third-order valence-corrected chi connectivity index (χ3v) is 5.36. The van der Waals surface area contributed by atoms with E-state index in [4.69, 9.17) is 4.42 Å². The van der Waals surface area contributed by atoms with Crippen LogP contribution in [-0.2, 0) is 11.2 Å². The van der Waals surface area contributed by atoms with Gasteiger partial charge in [-0.15, -0.1) is 0 Å². The number of imidazole rings is 1. The Balaban J connectivity index is 1.54. The second-order valence-electron chi connectivity index (χ2n) is 7.41. The van der Waals surface area contributed by atoms with Crippen LogP contribution in [0.2, 0.25) is 0 Å². The number of amides is 1. The molecule has 1 amide bonds. The van der Waals surface area contributed by atoms with Crippen LogP contribution in [0.5, 0.6) is 0 Å². The van der Waals surface area contributed by atoms with Crippen molar-refractivity contribution in [3.8, 4) is 11.3 Å². The van der Waals surface area contributed by atoms with Gasteiger partial charge < -0.3 is 9.40 Å². The number of H-pyrrole nitrogens is 1. The SMILES string of the molecule is Cc1[nH]c(C=C2C(=O)NN=C2c2cnccn2)c(-c2ccco2)c1CCC(=O)n1ccnc1. The molecule has 164 valence electrons. The highest BCUT2D eigenvalue weighted by molar-refractivity contribution is 6.32. The van der Waals surface area contributed by atoms with E-state index in [1.165, 1.54) is 10.9 Å². The maximum absolute atomic E-state index is 12.6. The molecule has 5 heterocycles. The van der Waals surface area contributed by atoms with E-state index in [2.05, 4.69) is 30.5 Å². The molecule has 0 atom stereocenters. The van der Waals surface area contributed by atoms with Crippen molar-refractivity contribution in [1.29, 1.82) is 0 Å². The molecule has 0 spiro atoms. The largest absolute Gasteiger partial charge is 0.464 e. The first-order chi connectivity index (χ1) is 16.1. The summed E-state index contributed by atoms with van der Waals surface area (Å²) in [6.45, 7) is 1.93. The summed E-state index contributed by atoms with van der Waals surface area (Å²) in [5.41, 5.74) is 7.01. The minimum atomic E-state index is -0.342. The molecular weight excluding hydrogens is 422 g/mol. The normalized spacial score (nSPS) is 14.5. The van der Waals surface area contributed by atoms with Gasteiger partial charge >= 0.3 is 0 Å². The molecule has 5 rings (SSSR count). The summed E-state index contributed by atoms with van der Waals surface area (Å²) in [4.78, 5) is 40.7. The molecule has 0 aromatic carbocycles. The molecule has 0 saturated carbocycles. The molecular formula is C23H19N7O3. The number of aromatic nitrogens is 5. The Labute approximate surface area is 188 Å². The van der Waals surface area contributed by atoms with Crippen molar-refractivity contribution in [2.75, 3.05) is 0 Å². The van der Waals surface area contributed by atoms with Gasteiger partial charge in [0.2, 0.25) is 5.91 Å². The van der Waals surface area contributed by atoms with E-state index in [0.29, 0.717) is 34.9 Å². The molecule has 10 heteroatoms. The zero-order valence-corrected chi connectivity index (χ0v) is 17.6. The standard InChI is InChI=1S/C23H19N7O3/c1-14-15(4-5-20(31)30-9-8-25-13-30)21(19-3-2-10-33-19)17(27-14)11-16-22(28-29-23(16)32)18-12-24-6-7-26-18/h2-3,6-13,27H,4-5H2,1H3,(H,29,32). The van der Waals surface area contributed by atoms with Crippen molar-refractivity contribution in [2.24, 2.45) is 5.10 Å². The second-order valence-corrected chi connectivity index (χ2v) is 7.41. The number of aryl methyl sites for hydroxylation is 1. The van der Waals surface area contributed by atoms with Crippen LogP contribution in [0, 0.1) is 6.92 Å². The number of rotatable bonds is 6. The van der Waals surface area contributed by atoms with E-state index in [0.717, 1.165) is 16.8 Å². The summed E-state index contributed by atoms with van der Waals surface area (Å²) < 4.78 is 7.16. The highest BCUT2D eigenvalue weighted by Gasteiger charge is 2.27. The third-order valence-electron chi connectivity index (χ3n) is 5.36. The van der Waals surface area contributed by atoms with E-state index in [9.17, 15) is 9.59 Å². The molecule has 2 N–H and O–H groups in total. The molecule has 33 heavy (non-hydrogen) atoms. The van der Waals surface area contributed by atoms with Crippen LogP contribution in [-0.4, -0.2) is 42.0 Å². The molecule has 0 bridgehead atoms. The van der Waals surface area contributed by atoms with E-state index < -0.39 is 0 Å². The van der Waals surface area contributed by atoms with Crippen molar-refractivity contribution in [1.82, 2.24) is 29.9 Å². The van der Waals surface area contributed by atoms with Crippen molar-refractivity contribution in [2.45, 2.75) is 19.8 Å². The van der Waals surface area contributed by atoms with Crippen LogP contribution >= 0.6 is 0 Å². The first-order valence-electron chi connectivity index (χ1n) is 10.2. The quantitative estimate of drug-likeness (QED) is 0.442. The molecule has 4 aromatic heterocycles. The zero-order valence-electron chi connectivity index (χ0n) is 17.6. The Hall–Kier alpha value is -4.60. The lowest BCUT2D eigenvalue weighted by Gasteiger charge is -2.06. The van der Waals surface area contributed by atoms with Crippen LogP contribution in [0.4, 0.5) is 0 Å².